The van der Waals surface area contributed by atoms with Gasteiger partial charge in [0.25, 0.3) is 0 Å². The zero-order chi connectivity index (χ0) is 18.7. The molecule has 0 atom stereocenters. The van der Waals surface area contributed by atoms with E-state index in [4.69, 9.17) is 4.74 Å². The van der Waals surface area contributed by atoms with Crippen LogP contribution in [0.3, 0.4) is 0 Å². The van der Waals surface area contributed by atoms with E-state index in [1.807, 2.05) is 0 Å². The minimum atomic E-state index is -3.53. The Bertz CT molecular complexity index is 924. The molecule has 3 rings (SSSR count). The SMILES string of the molecule is Cc1cc(Br)cc(N=Nc2ccc(S(=O)(=O)N3CCOCC3)cc2)c1O. The lowest BCUT2D eigenvalue weighted by atomic mass is 10.2. The van der Waals surface area contributed by atoms with Crippen LogP contribution < -0.4 is 0 Å². The van der Waals surface area contributed by atoms with Crippen molar-refractivity contribution in [1.82, 2.24) is 4.31 Å². The molecule has 0 aromatic heterocycles. The van der Waals surface area contributed by atoms with Crippen molar-refractivity contribution >= 4 is 37.3 Å². The maximum Gasteiger partial charge on any atom is 0.243 e. The largest absolute Gasteiger partial charge is 0.505 e. The molecule has 0 amide bonds. The van der Waals surface area contributed by atoms with Crippen LogP contribution in [0.5, 0.6) is 5.75 Å². The Morgan fingerprint density at radius 2 is 1.77 bits per heavy atom. The van der Waals surface area contributed by atoms with Gasteiger partial charge in [0.1, 0.15) is 11.4 Å². The van der Waals surface area contributed by atoms with E-state index in [0.29, 0.717) is 43.2 Å². The Kier molecular flexibility index (Phi) is 5.71. The molecular formula is C17H18BrN3O4S. The van der Waals surface area contributed by atoms with Crippen molar-refractivity contribution in [3.8, 4) is 5.75 Å². The van der Waals surface area contributed by atoms with Gasteiger partial charge >= 0.3 is 0 Å². The number of phenolic OH excluding ortho intramolecular Hbond substituents is 1. The molecule has 0 spiro atoms. The predicted octanol–water partition coefficient (Wildman–Crippen LogP) is 3.90. The molecule has 0 unspecified atom stereocenters. The van der Waals surface area contributed by atoms with Crippen molar-refractivity contribution in [3.63, 3.8) is 0 Å². The molecule has 0 aliphatic carbocycles. The van der Waals surface area contributed by atoms with Crippen molar-refractivity contribution < 1.29 is 18.3 Å². The number of halogens is 1. The van der Waals surface area contributed by atoms with E-state index >= 15 is 0 Å². The van der Waals surface area contributed by atoms with E-state index in [1.165, 1.54) is 16.4 Å². The Hall–Kier alpha value is -1.81. The highest BCUT2D eigenvalue weighted by atomic mass is 79.9. The topological polar surface area (TPSA) is 91.6 Å². The van der Waals surface area contributed by atoms with Gasteiger partial charge in [-0.25, -0.2) is 8.42 Å². The van der Waals surface area contributed by atoms with Crippen molar-refractivity contribution in [2.45, 2.75) is 11.8 Å². The average Bonchev–Trinajstić information content (AvgIpc) is 2.64. The number of ether oxygens (including phenoxy) is 1. The quantitative estimate of drug-likeness (QED) is 0.731. The summed E-state index contributed by atoms with van der Waals surface area (Å²) in [7, 11) is -3.53. The fraction of sp³-hybridized carbons (Fsp3) is 0.294. The summed E-state index contributed by atoms with van der Waals surface area (Å²) in [5, 5.41) is 18.1. The third kappa shape index (κ3) is 4.12. The second-order valence-corrected chi connectivity index (χ2v) is 8.65. The highest BCUT2D eigenvalue weighted by Gasteiger charge is 2.26. The third-order valence-electron chi connectivity index (χ3n) is 3.96. The predicted molar refractivity (Wildman–Crippen MR) is 101 cm³/mol. The van der Waals surface area contributed by atoms with Crippen LogP contribution in [0.15, 0.2) is 56.0 Å². The fourth-order valence-corrected chi connectivity index (χ4v) is 4.49. The second kappa shape index (κ2) is 7.83. The van der Waals surface area contributed by atoms with Gasteiger partial charge in [-0.2, -0.15) is 9.42 Å². The summed E-state index contributed by atoms with van der Waals surface area (Å²) >= 11 is 3.35. The number of aryl methyl sites for hydroxylation is 1. The van der Waals surface area contributed by atoms with Crippen molar-refractivity contribution in [1.29, 1.82) is 0 Å². The number of hydrogen-bond donors (Lipinski definition) is 1. The summed E-state index contributed by atoms with van der Waals surface area (Å²) in [6.45, 7) is 3.28. The van der Waals surface area contributed by atoms with E-state index < -0.39 is 10.0 Å². The molecule has 1 aliphatic rings. The fourth-order valence-electron chi connectivity index (χ4n) is 2.53. The van der Waals surface area contributed by atoms with Gasteiger partial charge in [-0.1, -0.05) is 15.9 Å². The lowest BCUT2D eigenvalue weighted by Gasteiger charge is -2.26. The smallest absolute Gasteiger partial charge is 0.243 e. The van der Waals surface area contributed by atoms with Gasteiger partial charge in [-0.3, -0.25) is 0 Å². The van der Waals surface area contributed by atoms with Crippen LogP contribution in [-0.4, -0.2) is 44.1 Å². The molecule has 26 heavy (non-hydrogen) atoms. The van der Waals surface area contributed by atoms with Gasteiger partial charge < -0.3 is 9.84 Å². The number of morpholine rings is 1. The number of hydrogen-bond acceptors (Lipinski definition) is 6. The number of aromatic hydroxyl groups is 1. The molecule has 7 nitrogen and oxygen atoms in total. The van der Waals surface area contributed by atoms with Crippen LogP contribution in [0.2, 0.25) is 0 Å². The summed E-state index contributed by atoms with van der Waals surface area (Å²) in [4.78, 5) is 0.208. The molecule has 138 valence electrons. The summed E-state index contributed by atoms with van der Waals surface area (Å²) in [6.07, 6.45) is 0. The molecular weight excluding hydrogens is 422 g/mol. The summed E-state index contributed by atoms with van der Waals surface area (Å²) in [6, 6.07) is 9.61. The number of benzene rings is 2. The van der Waals surface area contributed by atoms with E-state index in [1.54, 1.807) is 31.2 Å². The van der Waals surface area contributed by atoms with Crippen molar-refractivity contribution in [2.24, 2.45) is 10.2 Å². The molecule has 2 aromatic carbocycles. The number of azo groups is 1. The van der Waals surface area contributed by atoms with Crippen LogP contribution in [0.25, 0.3) is 0 Å². The maximum atomic E-state index is 12.6. The van der Waals surface area contributed by atoms with E-state index in [2.05, 4.69) is 26.2 Å². The molecule has 1 N–H and O–H groups in total. The first-order valence-corrected chi connectivity index (χ1v) is 10.2. The van der Waals surface area contributed by atoms with Gasteiger partial charge in [0.15, 0.2) is 0 Å². The van der Waals surface area contributed by atoms with Crippen LogP contribution in [0.1, 0.15) is 5.56 Å². The van der Waals surface area contributed by atoms with Crippen LogP contribution in [-0.2, 0) is 14.8 Å². The molecule has 0 bridgehead atoms. The van der Waals surface area contributed by atoms with E-state index in [-0.39, 0.29) is 10.6 Å². The zero-order valence-electron chi connectivity index (χ0n) is 14.1. The van der Waals surface area contributed by atoms with Crippen LogP contribution >= 0.6 is 15.9 Å². The van der Waals surface area contributed by atoms with Gasteiger partial charge in [0.2, 0.25) is 10.0 Å². The van der Waals surface area contributed by atoms with Crippen LogP contribution in [0, 0.1) is 6.92 Å². The Balaban J connectivity index is 1.80. The number of nitrogens with zero attached hydrogens (tertiary/aromatic N) is 3. The molecule has 1 fully saturated rings. The highest BCUT2D eigenvalue weighted by Crippen LogP contribution is 2.34. The van der Waals surface area contributed by atoms with E-state index in [9.17, 15) is 13.5 Å². The summed E-state index contributed by atoms with van der Waals surface area (Å²) in [5.41, 5.74) is 1.50. The molecule has 0 radical (unpaired) electrons. The monoisotopic (exact) mass is 439 g/mol. The van der Waals surface area contributed by atoms with Gasteiger partial charge in [-0.05, 0) is 48.9 Å². The van der Waals surface area contributed by atoms with Gasteiger partial charge in [0, 0.05) is 17.6 Å². The molecule has 2 aromatic rings. The first kappa shape index (κ1) is 19.0. The van der Waals surface area contributed by atoms with E-state index in [0.717, 1.165) is 4.47 Å². The zero-order valence-corrected chi connectivity index (χ0v) is 16.5. The standard InChI is InChI=1S/C17H18BrN3O4S/c1-12-10-13(18)11-16(17(12)22)20-19-14-2-4-15(5-3-14)26(23,24)21-6-8-25-9-7-21/h2-5,10-11,22H,6-9H2,1H3. The Morgan fingerprint density at radius 1 is 1.12 bits per heavy atom. The average molecular weight is 440 g/mol. The molecule has 1 heterocycles. The first-order chi connectivity index (χ1) is 12.4. The number of phenols is 1. The number of rotatable bonds is 4. The first-order valence-electron chi connectivity index (χ1n) is 7.97. The lowest BCUT2D eigenvalue weighted by molar-refractivity contribution is 0.0730. The molecule has 0 saturated carbocycles. The van der Waals surface area contributed by atoms with Crippen molar-refractivity contribution in [2.75, 3.05) is 26.3 Å². The third-order valence-corrected chi connectivity index (χ3v) is 6.33. The molecule has 1 aliphatic heterocycles. The molecule has 1 saturated heterocycles. The normalized spacial score (nSPS) is 16.2. The van der Waals surface area contributed by atoms with Gasteiger partial charge in [-0.15, -0.1) is 5.11 Å². The lowest BCUT2D eigenvalue weighted by Crippen LogP contribution is -2.40. The summed E-state index contributed by atoms with van der Waals surface area (Å²) < 4.78 is 32.5. The Labute approximate surface area is 160 Å². The second-order valence-electron chi connectivity index (χ2n) is 5.80. The Morgan fingerprint density at radius 3 is 2.42 bits per heavy atom. The minimum Gasteiger partial charge on any atom is -0.505 e. The van der Waals surface area contributed by atoms with Gasteiger partial charge in [0.05, 0.1) is 23.8 Å². The number of sulfonamides is 1. The maximum absolute atomic E-state index is 12.6. The van der Waals surface area contributed by atoms with Crippen molar-refractivity contribution in [3.05, 3.63) is 46.4 Å². The minimum absolute atomic E-state index is 0.0588. The summed E-state index contributed by atoms with van der Waals surface area (Å²) in [5.74, 6) is 0.0588. The van der Waals surface area contributed by atoms with Crippen LogP contribution in [0.4, 0.5) is 11.4 Å². The highest BCUT2D eigenvalue weighted by molar-refractivity contribution is 9.10. The molecule has 9 heteroatoms.